The Morgan fingerprint density at radius 2 is 2.00 bits per heavy atom. The number of fused-ring (bicyclic) bond motifs is 1. The van der Waals surface area contributed by atoms with Gasteiger partial charge in [-0.3, -0.25) is 9.78 Å². The van der Waals surface area contributed by atoms with E-state index in [0.29, 0.717) is 25.1 Å². The number of hydrogen-bond acceptors (Lipinski definition) is 4. The summed E-state index contributed by atoms with van der Waals surface area (Å²) in [6.45, 7) is 5.08. The Labute approximate surface area is 165 Å². The Morgan fingerprint density at radius 1 is 1.25 bits per heavy atom. The van der Waals surface area contributed by atoms with Crippen LogP contribution in [0.4, 0.5) is 0 Å². The lowest BCUT2D eigenvalue weighted by Gasteiger charge is -2.42. The van der Waals surface area contributed by atoms with E-state index in [9.17, 15) is 9.90 Å². The van der Waals surface area contributed by atoms with Crippen molar-refractivity contribution < 1.29 is 9.90 Å². The summed E-state index contributed by atoms with van der Waals surface area (Å²) >= 11 is 0. The topological polar surface area (TPSA) is 66.3 Å². The van der Waals surface area contributed by atoms with E-state index in [1.54, 1.807) is 12.4 Å². The van der Waals surface area contributed by atoms with E-state index in [0.717, 1.165) is 28.6 Å². The monoisotopic (exact) mass is 375 g/mol. The Bertz CT molecular complexity index is 1000. The van der Waals surface area contributed by atoms with Crippen LogP contribution in [0.25, 0.3) is 22.2 Å². The molecule has 144 valence electrons. The number of carbonyl (C=O) groups excluding carboxylic acids is 1. The maximum absolute atomic E-state index is 13.5. The van der Waals surface area contributed by atoms with E-state index in [1.807, 2.05) is 54.3 Å². The highest BCUT2D eigenvalue weighted by molar-refractivity contribution is 6.07. The minimum atomic E-state index is -0.714. The maximum Gasteiger partial charge on any atom is 0.254 e. The van der Waals surface area contributed by atoms with E-state index in [-0.39, 0.29) is 11.8 Å². The number of piperidine rings is 1. The van der Waals surface area contributed by atoms with Gasteiger partial charge in [0.2, 0.25) is 0 Å². The summed E-state index contributed by atoms with van der Waals surface area (Å²) in [4.78, 5) is 24.2. The van der Waals surface area contributed by atoms with E-state index in [1.165, 1.54) is 0 Å². The zero-order chi connectivity index (χ0) is 19.7. The van der Waals surface area contributed by atoms with Crippen molar-refractivity contribution in [2.24, 2.45) is 5.92 Å². The van der Waals surface area contributed by atoms with Crippen molar-refractivity contribution in [1.82, 2.24) is 14.9 Å². The molecule has 2 atom stereocenters. The number of carbonyl (C=O) groups is 1. The van der Waals surface area contributed by atoms with Crippen LogP contribution in [0.1, 0.15) is 37.0 Å². The first-order valence-corrected chi connectivity index (χ1v) is 9.81. The van der Waals surface area contributed by atoms with Crippen LogP contribution in [0, 0.1) is 5.92 Å². The molecule has 3 heterocycles. The standard InChI is InChI=1S/C23H25N3O2/c1-3-17-15-26(13-10-23(17,2)28)22(27)19-14-21(16-8-11-24-12-9-16)25-20-7-5-4-6-18(19)20/h4-9,11-12,14,17,28H,3,10,13,15H2,1-2H3/t17-,23+/m1/s1. The van der Waals surface area contributed by atoms with E-state index in [4.69, 9.17) is 4.98 Å². The van der Waals surface area contributed by atoms with Crippen LogP contribution >= 0.6 is 0 Å². The predicted molar refractivity (Wildman–Crippen MR) is 110 cm³/mol. The lowest BCUT2D eigenvalue weighted by atomic mass is 9.80. The largest absolute Gasteiger partial charge is 0.390 e. The van der Waals surface area contributed by atoms with Gasteiger partial charge in [-0.25, -0.2) is 4.98 Å². The average molecular weight is 375 g/mol. The molecule has 3 aromatic rings. The van der Waals surface area contributed by atoms with Crippen molar-refractivity contribution >= 4 is 16.8 Å². The molecule has 1 fully saturated rings. The van der Waals surface area contributed by atoms with Crippen molar-refractivity contribution in [3.8, 4) is 11.3 Å². The van der Waals surface area contributed by atoms with Gasteiger partial charge in [-0.1, -0.05) is 25.1 Å². The third kappa shape index (κ3) is 3.38. The fourth-order valence-electron chi connectivity index (χ4n) is 4.07. The molecule has 0 bridgehead atoms. The molecule has 0 aliphatic carbocycles. The number of likely N-dealkylation sites (tertiary alicyclic amines) is 1. The lowest BCUT2D eigenvalue weighted by Crippen LogP contribution is -2.51. The van der Waals surface area contributed by atoms with E-state index in [2.05, 4.69) is 11.9 Å². The molecular weight excluding hydrogens is 350 g/mol. The number of aliphatic hydroxyl groups is 1. The van der Waals surface area contributed by atoms with Crippen LogP contribution in [-0.2, 0) is 0 Å². The predicted octanol–water partition coefficient (Wildman–Crippen LogP) is 3.92. The van der Waals surface area contributed by atoms with Crippen molar-refractivity contribution in [2.75, 3.05) is 13.1 Å². The molecule has 0 spiro atoms. The van der Waals surface area contributed by atoms with Crippen molar-refractivity contribution in [1.29, 1.82) is 0 Å². The molecular formula is C23H25N3O2. The number of amides is 1. The first kappa shape index (κ1) is 18.6. The van der Waals surface area contributed by atoms with E-state index >= 15 is 0 Å². The number of hydrogen-bond donors (Lipinski definition) is 1. The summed E-state index contributed by atoms with van der Waals surface area (Å²) in [5, 5.41) is 11.5. The molecule has 0 radical (unpaired) electrons. The van der Waals surface area contributed by atoms with Gasteiger partial charge in [0.05, 0.1) is 22.4 Å². The number of benzene rings is 1. The van der Waals surface area contributed by atoms with Gasteiger partial charge in [0.1, 0.15) is 0 Å². The van der Waals surface area contributed by atoms with Crippen LogP contribution in [0.15, 0.2) is 54.9 Å². The molecule has 5 nitrogen and oxygen atoms in total. The van der Waals surface area contributed by atoms with Crippen molar-refractivity contribution in [3.05, 3.63) is 60.4 Å². The van der Waals surface area contributed by atoms with Gasteiger partial charge in [0.25, 0.3) is 5.91 Å². The second-order valence-corrected chi connectivity index (χ2v) is 7.77. The molecule has 4 rings (SSSR count). The summed E-state index contributed by atoms with van der Waals surface area (Å²) in [5.74, 6) is 0.0841. The quantitative estimate of drug-likeness (QED) is 0.753. The van der Waals surface area contributed by atoms with Crippen LogP contribution in [0.3, 0.4) is 0 Å². The molecule has 1 aliphatic heterocycles. The molecule has 28 heavy (non-hydrogen) atoms. The van der Waals surface area contributed by atoms with Gasteiger partial charge >= 0.3 is 0 Å². The zero-order valence-corrected chi connectivity index (χ0v) is 16.3. The van der Waals surface area contributed by atoms with Crippen LogP contribution in [-0.4, -0.2) is 44.6 Å². The summed E-state index contributed by atoms with van der Waals surface area (Å²) in [5.41, 5.74) is 2.45. The first-order chi connectivity index (χ1) is 13.5. The molecule has 1 saturated heterocycles. The van der Waals surface area contributed by atoms with E-state index < -0.39 is 5.60 Å². The number of para-hydroxylation sites is 1. The van der Waals surface area contributed by atoms with Crippen molar-refractivity contribution in [3.63, 3.8) is 0 Å². The summed E-state index contributed by atoms with van der Waals surface area (Å²) in [7, 11) is 0. The SMILES string of the molecule is CC[C@@H]1CN(C(=O)c2cc(-c3ccncc3)nc3ccccc23)CC[C@]1(C)O. The van der Waals surface area contributed by atoms with Crippen molar-refractivity contribution in [2.45, 2.75) is 32.3 Å². The number of rotatable bonds is 3. The zero-order valence-electron chi connectivity index (χ0n) is 16.3. The summed E-state index contributed by atoms with van der Waals surface area (Å²) in [6.07, 6.45) is 4.89. The Morgan fingerprint density at radius 3 is 2.75 bits per heavy atom. The first-order valence-electron chi connectivity index (χ1n) is 9.81. The highest BCUT2D eigenvalue weighted by atomic mass is 16.3. The van der Waals surface area contributed by atoms with Crippen LogP contribution in [0.5, 0.6) is 0 Å². The second-order valence-electron chi connectivity index (χ2n) is 7.77. The minimum absolute atomic E-state index is 0.00264. The average Bonchev–Trinajstić information content (AvgIpc) is 2.73. The molecule has 1 amide bonds. The fraction of sp³-hybridized carbons (Fsp3) is 0.348. The summed E-state index contributed by atoms with van der Waals surface area (Å²) in [6, 6.07) is 13.4. The van der Waals surface area contributed by atoms with Gasteiger partial charge in [0.15, 0.2) is 0 Å². The molecule has 2 aromatic heterocycles. The van der Waals surface area contributed by atoms with Gasteiger partial charge in [-0.05, 0) is 44.0 Å². The van der Waals surface area contributed by atoms with Gasteiger partial charge in [-0.15, -0.1) is 0 Å². The third-order valence-electron chi connectivity index (χ3n) is 5.91. The summed E-state index contributed by atoms with van der Waals surface area (Å²) < 4.78 is 0. The molecule has 1 N–H and O–H groups in total. The molecule has 0 unspecified atom stereocenters. The van der Waals surface area contributed by atoms with Crippen LogP contribution < -0.4 is 0 Å². The maximum atomic E-state index is 13.5. The number of pyridine rings is 2. The van der Waals surface area contributed by atoms with Gasteiger partial charge in [0, 0.05) is 42.4 Å². The minimum Gasteiger partial charge on any atom is -0.390 e. The lowest BCUT2D eigenvalue weighted by molar-refractivity contribution is -0.0520. The highest BCUT2D eigenvalue weighted by Crippen LogP contribution is 2.32. The third-order valence-corrected chi connectivity index (χ3v) is 5.91. The molecule has 1 aliphatic rings. The highest BCUT2D eigenvalue weighted by Gasteiger charge is 2.38. The Hall–Kier alpha value is -2.79. The molecule has 5 heteroatoms. The van der Waals surface area contributed by atoms with Gasteiger partial charge in [-0.2, -0.15) is 0 Å². The molecule has 1 aromatic carbocycles. The normalized spacial score (nSPS) is 22.4. The van der Waals surface area contributed by atoms with Gasteiger partial charge < -0.3 is 10.0 Å². The second kappa shape index (κ2) is 7.32. The Kier molecular flexibility index (Phi) is 4.85. The number of nitrogens with zero attached hydrogens (tertiary/aromatic N) is 3. The Balaban J connectivity index is 1.76. The smallest absolute Gasteiger partial charge is 0.254 e. The van der Waals surface area contributed by atoms with Crippen LogP contribution in [0.2, 0.25) is 0 Å². The molecule has 0 saturated carbocycles. The number of aromatic nitrogens is 2. The fourth-order valence-corrected chi connectivity index (χ4v) is 4.07.